The van der Waals surface area contributed by atoms with Gasteiger partial charge in [0.05, 0.1) is 0 Å². The average Bonchev–Trinajstić information content (AvgIpc) is 1.63. The van der Waals surface area contributed by atoms with Gasteiger partial charge in [0.1, 0.15) is 0 Å². The lowest BCUT2D eigenvalue weighted by Crippen LogP contribution is -2.27. The maximum Gasteiger partial charge on any atom is 0.300 e. The maximum absolute atomic E-state index is 11.8. The van der Waals surface area contributed by atoms with E-state index in [0.29, 0.717) is 6.42 Å². The van der Waals surface area contributed by atoms with E-state index < -0.39 is 6.05 Å². The molecule has 0 saturated carbocycles. The molecule has 0 saturated heterocycles. The van der Waals surface area contributed by atoms with E-state index in [0.717, 1.165) is 12.8 Å². The average molecular weight is 137 g/mol. The van der Waals surface area contributed by atoms with E-state index in [1.165, 1.54) is 0 Å². The number of nitrogens with two attached hydrogens (primary N) is 1. The molecule has 0 aliphatic carbocycles. The maximum atomic E-state index is 11.8. The van der Waals surface area contributed by atoms with E-state index in [2.05, 4.69) is 5.73 Å². The first-order valence-corrected chi connectivity index (χ1v) is 3.23. The van der Waals surface area contributed by atoms with Crippen LogP contribution in [0.1, 0.15) is 32.6 Å². The highest BCUT2D eigenvalue weighted by Gasteiger charge is 2.19. The second-order valence-electron chi connectivity index (χ2n) is 2.22. The van der Waals surface area contributed by atoms with E-state index in [1.54, 1.807) is 0 Å². The molecule has 1 nitrogen and oxygen atoms in total. The van der Waals surface area contributed by atoms with E-state index in [9.17, 15) is 8.78 Å². The number of hydrogen-bond acceptors (Lipinski definition) is 1. The van der Waals surface area contributed by atoms with Crippen LogP contribution in [0.25, 0.3) is 0 Å². The standard InChI is InChI=1S/C6H13F2N/c1-2-3-4-5-6(7,8)9/h2-5,9H2,1H3. The first-order valence-electron chi connectivity index (χ1n) is 3.23. The van der Waals surface area contributed by atoms with Gasteiger partial charge in [-0.25, -0.2) is 0 Å². The largest absolute Gasteiger partial charge is 0.300 e. The monoisotopic (exact) mass is 137 g/mol. The molecule has 0 rings (SSSR count). The molecule has 0 aromatic rings. The normalized spacial score (nSPS) is 12.0. The predicted octanol–water partition coefficient (Wildman–Crippen LogP) is 2.12. The molecule has 56 valence electrons. The Labute approximate surface area is 54.2 Å². The van der Waals surface area contributed by atoms with Gasteiger partial charge in [-0.15, -0.1) is 0 Å². The fourth-order valence-corrected chi connectivity index (χ4v) is 0.611. The van der Waals surface area contributed by atoms with Gasteiger partial charge in [-0.3, -0.25) is 5.73 Å². The summed E-state index contributed by atoms with van der Waals surface area (Å²) >= 11 is 0. The summed E-state index contributed by atoms with van der Waals surface area (Å²) in [5, 5.41) is 0. The van der Waals surface area contributed by atoms with E-state index in [-0.39, 0.29) is 6.42 Å². The molecule has 0 bridgehead atoms. The van der Waals surface area contributed by atoms with Crippen LogP contribution in [0, 0.1) is 0 Å². The van der Waals surface area contributed by atoms with E-state index >= 15 is 0 Å². The van der Waals surface area contributed by atoms with Crippen LogP contribution in [0.15, 0.2) is 0 Å². The van der Waals surface area contributed by atoms with Gasteiger partial charge >= 0.3 is 0 Å². The van der Waals surface area contributed by atoms with Crippen molar-refractivity contribution in [1.82, 2.24) is 0 Å². The van der Waals surface area contributed by atoms with Crippen LogP contribution >= 0.6 is 0 Å². The van der Waals surface area contributed by atoms with Gasteiger partial charge in [0.25, 0.3) is 6.05 Å². The van der Waals surface area contributed by atoms with Crippen molar-refractivity contribution >= 4 is 0 Å². The van der Waals surface area contributed by atoms with Gasteiger partial charge in [-0.05, 0) is 6.42 Å². The molecule has 0 amide bonds. The molecule has 2 N–H and O–H groups in total. The van der Waals surface area contributed by atoms with Crippen molar-refractivity contribution in [2.75, 3.05) is 0 Å². The van der Waals surface area contributed by atoms with Gasteiger partial charge in [-0.2, -0.15) is 8.78 Å². The van der Waals surface area contributed by atoms with Crippen molar-refractivity contribution in [3.05, 3.63) is 0 Å². The SMILES string of the molecule is CCCCCC(N)(F)F. The van der Waals surface area contributed by atoms with Gasteiger partial charge in [0, 0.05) is 6.42 Å². The fraction of sp³-hybridized carbons (Fsp3) is 1.00. The molecule has 0 spiro atoms. The smallest absolute Gasteiger partial charge is 0.272 e. The number of hydrogen-bond donors (Lipinski definition) is 1. The minimum absolute atomic E-state index is 0.180. The molecule has 9 heavy (non-hydrogen) atoms. The summed E-state index contributed by atoms with van der Waals surface area (Å²) in [6.45, 7) is 1.97. The van der Waals surface area contributed by atoms with Gasteiger partial charge in [0.2, 0.25) is 0 Å². The van der Waals surface area contributed by atoms with Crippen molar-refractivity contribution in [2.45, 2.75) is 38.7 Å². The summed E-state index contributed by atoms with van der Waals surface area (Å²) in [6, 6.07) is -2.95. The Morgan fingerprint density at radius 2 is 1.89 bits per heavy atom. The second-order valence-corrected chi connectivity index (χ2v) is 2.22. The Kier molecular flexibility index (Phi) is 3.70. The summed E-state index contributed by atoms with van der Waals surface area (Å²) in [5.74, 6) is 0. The zero-order chi connectivity index (χ0) is 7.33. The summed E-state index contributed by atoms with van der Waals surface area (Å²) in [7, 11) is 0. The lowest BCUT2D eigenvalue weighted by molar-refractivity contribution is -0.00306. The topological polar surface area (TPSA) is 26.0 Å². The Morgan fingerprint density at radius 3 is 2.22 bits per heavy atom. The fourth-order valence-electron chi connectivity index (χ4n) is 0.611. The van der Waals surface area contributed by atoms with Crippen LogP contribution in [0.4, 0.5) is 8.78 Å². The molecule has 3 heteroatoms. The van der Waals surface area contributed by atoms with Crippen molar-refractivity contribution in [2.24, 2.45) is 5.73 Å². The molecular formula is C6H13F2N. The number of rotatable bonds is 4. The highest BCUT2D eigenvalue weighted by molar-refractivity contribution is 4.54. The van der Waals surface area contributed by atoms with Crippen molar-refractivity contribution in [3.63, 3.8) is 0 Å². The third-order valence-corrected chi connectivity index (χ3v) is 1.11. The van der Waals surface area contributed by atoms with Crippen LogP contribution in [-0.2, 0) is 0 Å². The summed E-state index contributed by atoms with van der Waals surface area (Å²) in [5.41, 5.74) is 4.44. The Balaban J connectivity index is 3.07. The molecule has 0 aliphatic heterocycles. The van der Waals surface area contributed by atoms with Gasteiger partial charge in [0.15, 0.2) is 0 Å². The summed E-state index contributed by atoms with van der Waals surface area (Å²) < 4.78 is 23.6. The predicted molar refractivity (Wildman–Crippen MR) is 33.3 cm³/mol. The van der Waals surface area contributed by atoms with E-state index in [1.807, 2.05) is 6.92 Å². The summed E-state index contributed by atoms with van der Waals surface area (Å²) in [6.07, 6.45) is 2.14. The van der Waals surface area contributed by atoms with Gasteiger partial charge < -0.3 is 0 Å². The highest BCUT2D eigenvalue weighted by atomic mass is 19.3. The Bertz CT molecular complexity index is 67.9. The van der Waals surface area contributed by atoms with Gasteiger partial charge in [-0.1, -0.05) is 19.8 Å². The second kappa shape index (κ2) is 3.77. The number of alkyl halides is 2. The lowest BCUT2D eigenvalue weighted by atomic mass is 10.2. The molecular weight excluding hydrogens is 124 g/mol. The molecule has 0 unspecified atom stereocenters. The molecule has 0 fully saturated rings. The van der Waals surface area contributed by atoms with Crippen molar-refractivity contribution in [3.8, 4) is 0 Å². The van der Waals surface area contributed by atoms with Crippen LogP contribution in [0.5, 0.6) is 0 Å². The molecule has 0 heterocycles. The van der Waals surface area contributed by atoms with Crippen LogP contribution in [0.2, 0.25) is 0 Å². The first-order chi connectivity index (χ1) is 4.06. The van der Waals surface area contributed by atoms with Crippen molar-refractivity contribution < 1.29 is 8.78 Å². The molecule has 0 aliphatic rings. The minimum atomic E-state index is -2.95. The Morgan fingerprint density at radius 1 is 1.33 bits per heavy atom. The zero-order valence-corrected chi connectivity index (χ0v) is 5.66. The quantitative estimate of drug-likeness (QED) is 0.466. The minimum Gasteiger partial charge on any atom is -0.272 e. The third kappa shape index (κ3) is 7.82. The number of unbranched alkanes of at least 4 members (excludes halogenated alkanes) is 2. The molecule has 0 radical (unpaired) electrons. The van der Waals surface area contributed by atoms with Crippen LogP contribution < -0.4 is 5.73 Å². The highest BCUT2D eigenvalue weighted by Crippen LogP contribution is 2.14. The van der Waals surface area contributed by atoms with Crippen LogP contribution in [0.3, 0.4) is 0 Å². The Hall–Kier alpha value is -0.180. The molecule has 0 aromatic heterocycles. The first kappa shape index (κ1) is 8.82. The molecule has 0 aromatic carbocycles. The summed E-state index contributed by atoms with van der Waals surface area (Å²) in [4.78, 5) is 0. The van der Waals surface area contributed by atoms with Crippen LogP contribution in [-0.4, -0.2) is 6.05 Å². The zero-order valence-electron chi connectivity index (χ0n) is 5.66. The molecule has 0 atom stereocenters. The third-order valence-electron chi connectivity index (χ3n) is 1.11. The van der Waals surface area contributed by atoms with E-state index in [4.69, 9.17) is 0 Å². The van der Waals surface area contributed by atoms with Crippen molar-refractivity contribution in [1.29, 1.82) is 0 Å². The lowest BCUT2D eigenvalue weighted by Gasteiger charge is -2.07. The number of halogens is 2.